The van der Waals surface area contributed by atoms with Gasteiger partial charge in [-0.3, -0.25) is 14.7 Å². The molecule has 4 aromatic rings. The van der Waals surface area contributed by atoms with E-state index >= 15 is 0 Å². The molecule has 2 unspecified atom stereocenters. The van der Waals surface area contributed by atoms with E-state index in [-0.39, 0.29) is 42.3 Å². The Kier molecular flexibility index (Phi) is 24.5. The number of carbonyl (C=O) groups is 2. The van der Waals surface area contributed by atoms with Crippen molar-refractivity contribution in [1.29, 1.82) is 10.5 Å². The number of benzene rings is 4. The van der Waals surface area contributed by atoms with Crippen LogP contribution in [0.15, 0.2) is 130 Å². The summed E-state index contributed by atoms with van der Waals surface area (Å²) < 4.78 is 95.1. The van der Waals surface area contributed by atoms with Gasteiger partial charge in [0.05, 0.1) is 65.4 Å². The molecule has 0 saturated heterocycles. The summed E-state index contributed by atoms with van der Waals surface area (Å²) in [6.07, 6.45) is -3.30. The van der Waals surface area contributed by atoms with E-state index in [4.69, 9.17) is 19.5 Å². The van der Waals surface area contributed by atoms with Crippen LogP contribution in [0, 0.1) is 22.7 Å². The predicted molar refractivity (Wildman–Crippen MR) is 312 cm³/mol. The fraction of sp³-hybridized carbons (Fsp3) is 0.443. The van der Waals surface area contributed by atoms with Crippen LogP contribution in [-0.4, -0.2) is 108 Å². The number of thioether (sulfide) groups is 2. The summed E-state index contributed by atoms with van der Waals surface area (Å²) >= 11 is 2.79. The Morgan fingerprint density at radius 1 is 0.585 bits per heavy atom. The number of aliphatic hydroxyl groups excluding tert-OH is 1. The molecule has 0 spiro atoms. The first-order valence-electron chi connectivity index (χ1n) is 27.5. The number of rotatable bonds is 27. The van der Waals surface area contributed by atoms with Crippen molar-refractivity contribution in [2.24, 2.45) is 9.98 Å². The third kappa shape index (κ3) is 17.5. The molecule has 0 saturated carbocycles. The van der Waals surface area contributed by atoms with E-state index in [1.54, 1.807) is 98.2 Å². The summed E-state index contributed by atoms with van der Waals surface area (Å²) in [6, 6.07) is 25.8. The van der Waals surface area contributed by atoms with Crippen LogP contribution in [0.25, 0.3) is 0 Å². The number of unbranched alkanes of at least 4 members (excludes halogenated alkanes) is 4. The molecule has 1 N–H and O–H groups in total. The summed E-state index contributed by atoms with van der Waals surface area (Å²) in [5.41, 5.74) is 1.96. The second-order valence-electron chi connectivity index (χ2n) is 19.5. The highest BCUT2D eigenvalue weighted by Crippen LogP contribution is 2.43. The third-order valence-corrected chi connectivity index (χ3v) is 15.9. The van der Waals surface area contributed by atoms with E-state index < -0.39 is 47.5 Å². The third-order valence-electron chi connectivity index (χ3n) is 13.8. The van der Waals surface area contributed by atoms with Crippen LogP contribution in [-0.2, 0) is 31.4 Å². The largest absolute Gasteiger partial charge is 0.463 e. The molecule has 21 heteroatoms. The number of amidine groups is 2. The standard InChI is InChI=1S/C61H70F6N8O5S2/c1-6-29-72(30-11-9-13-36-81-58-70-54(46-25-21-44(40-68)22-26-46)52(56(77)79-7-2)42(4)74(58)50-19-15-17-48(38-50)60(62,63)64)32-33-73(34-35-76)31-12-10-14-37-82-59-71-55(47-27-23-45(41-69)24-28-47)53(57(78)80-8-3)43(5)75(59)51-20-16-18-49(39-51)61(65,66)67/h15-28,38-39,54-55,76H,6-14,29-37H2,1-5H3. The summed E-state index contributed by atoms with van der Waals surface area (Å²) in [6.45, 7) is 13.5. The lowest BCUT2D eigenvalue weighted by Crippen LogP contribution is -2.38. The first kappa shape index (κ1) is 64.5. The van der Waals surface area contributed by atoms with E-state index in [1.165, 1.54) is 35.7 Å². The van der Waals surface area contributed by atoms with E-state index in [0.29, 0.717) is 62.0 Å². The molecule has 438 valence electrons. The van der Waals surface area contributed by atoms with Crippen LogP contribution >= 0.6 is 23.5 Å². The Morgan fingerprint density at radius 3 is 1.34 bits per heavy atom. The Hall–Kier alpha value is -6.62. The molecule has 82 heavy (non-hydrogen) atoms. The molecule has 4 aromatic carbocycles. The van der Waals surface area contributed by atoms with E-state index in [9.17, 15) is 51.6 Å². The van der Waals surface area contributed by atoms with Crippen molar-refractivity contribution in [1.82, 2.24) is 9.80 Å². The molecule has 2 aliphatic heterocycles. The van der Waals surface area contributed by atoms with Crippen molar-refractivity contribution < 1.29 is 50.5 Å². The number of aliphatic imine (C=N–C) groups is 2. The fourth-order valence-corrected chi connectivity index (χ4v) is 11.9. The summed E-state index contributed by atoms with van der Waals surface area (Å²) in [7, 11) is 0. The second kappa shape index (κ2) is 31.2. The van der Waals surface area contributed by atoms with Crippen LogP contribution in [0.2, 0.25) is 0 Å². The number of alkyl halides is 6. The number of ether oxygens (including phenoxy) is 2. The van der Waals surface area contributed by atoms with Gasteiger partial charge in [-0.1, -0.05) is 79.7 Å². The number of allylic oxidation sites excluding steroid dienone is 2. The van der Waals surface area contributed by atoms with Gasteiger partial charge in [0.2, 0.25) is 0 Å². The van der Waals surface area contributed by atoms with Crippen LogP contribution in [0.4, 0.5) is 37.7 Å². The van der Waals surface area contributed by atoms with Gasteiger partial charge in [0.15, 0.2) is 10.3 Å². The maximum absolute atomic E-state index is 14.0. The van der Waals surface area contributed by atoms with Crippen LogP contribution in [0.3, 0.4) is 0 Å². The maximum Gasteiger partial charge on any atom is 0.416 e. The SMILES string of the molecule is CCCN(CCCCCSC1=NC(c2ccc(C#N)cc2)C(C(=O)OCC)=C(C)N1c1cccc(C(F)(F)F)c1)CCN(CCO)CCCCCSC1=NC(c2ccc(C#N)cc2)C(C(=O)OCC)=C(C)N1c1cccc(C(F)(F)F)c1. The number of nitrogens with zero attached hydrogens (tertiary/aromatic N) is 8. The Bertz CT molecular complexity index is 2810. The Morgan fingerprint density at radius 2 is 0.988 bits per heavy atom. The Balaban J connectivity index is 1.05. The van der Waals surface area contributed by atoms with Gasteiger partial charge < -0.3 is 19.5 Å². The summed E-state index contributed by atoms with van der Waals surface area (Å²) in [5, 5.41) is 29.8. The molecule has 0 amide bonds. The van der Waals surface area contributed by atoms with Gasteiger partial charge in [0.25, 0.3) is 0 Å². The van der Waals surface area contributed by atoms with E-state index in [2.05, 4.69) is 28.9 Å². The number of aliphatic hydroxyl groups is 1. The molecule has 0 bridgehead atoms. The molecule has 2 heterocycles. The highest BCUT2D eigenvalue weighted by atomic mass is 32.2. The molecule has 2 atom stereocenters. The molecule has 2 aliphatic rings. The zero-order chi connectivity index (χ0) is 59.4. The van der Waals surface area contributed by atoms with Crippen molar-refractivity contribution in [3.8, 4) is 12.1 Å². The minimum atomic E-state index is -4.61. The van der Waals surface area contributed by atoms with Crippen LogP contribution < -0.4 is 9.80 Å². The van der Waals surface area contributed by atoms with Gasteiger partial charge in [0.1, 0.15) is 12.1 Å². The number of hydrogen-bond donors (Lipinski definition) is 1. The molecule has 13 nitrogen and oxygen atoms in total. The summed E-state index contributed by atoms with van der Waals surface area (Å²) in [5.74, 6) is -0.104. The van der Waals surface area contributed by atoms with Gasteiger partial charge in [-0.25, -0.2) is 19.6 Å². The average molecular weight is 1170 g/mol. The zero-order valence-electron chi connectivity index (χ0n) is 46.9. The lowest BCUT2D eigenvalue weighted by atomic mass is 9.95. The number of carbonyl (C=O) groups excluding carboxylic acids is 2. The Labute approximate surface area is 485 Å². The van der Waals surface area contributed by atoms with Gasteiger partial charge in [-0.2, -0.15) is 36.9 Å². The van der Waals surface area contributed by atoms with Crippen molar-refractivity contribution >= 4 is 57.2 Å². The highest BCUT2D eigenvalue weighted by molar-refractivity contribution is 8.14. The molecule has 0 aromatic heterocycles. The molecule has 0 radical (unpaired) electrons. The van der Waals surface area contributed by atoms with Gasteiger partial charge >= 0.3 is 24.3 Å². The maximum atomic E-state index is 14.0. The first-order valence-corrected chi connectivity index (χ1v) is 29.5. The van der Waals surface area contributed by atoms with Gasteiger partial charge in [-0.15, -0.1) is 0 Å². The molecule has 0 fully saturated rings. The number of hydrogen-bond acceptors (Lipinski definition) is 15. The number of anilines is 2. The second-order valence-corrected chi connectivity index (χ2v) is 21.7. The fourth-order valence-electron chi connectivity index (χ4n) is 9.71. The predicted octanol–water partition coefficient (Wildman–Crippen LogP) is 13.5. The van der Waals surface area contributed by atoms with Crippen LogP contribution in [0.1, 0.15) is 125 Å². The van der Waals surface area contributed by atoms with Crippen molar-refractivity contribution in [3.05, 3.63) is 153 Å². The number of esters is 2. The molecule has 0 aliphatic carbocycles. The van der Waals surface area contributed by atoms with Crippen LogP contribution in [0.5, 0.6) is 0 Å². The van der Waals surface area contributed by atoms with Gasteiger partial charge in [-0.05, 0) is 151 Å². The quantitative estimate of drug-likeness (QED) is 0.0342. The topological polar surface area (TPSA) is 158 Å². The molecular weight excluding hydrogens is 1100 g/mol. The normalized spacial score (nSPS) is 15.9. The first-order chi connectivity index (χ1) is 39.4. The number of nitriles is 2. The zero-order valence-corrected chi connectivity index (χ0v) is 48.5. The minimum absolute atomic E-state index is 0.00227. The monoisotopic (exact) mass is 1170 g/mol. The highest BCUT2D eigenvalue weighted by Gasteiger charge is 2.39. The van der Waals surface area contributed by atoms with Crippen molar-refractivity contribution in [2.45, 2.75) is 104 Å². The van der Waals surface area contributed by atoms with E-state index in [1.807, 2.05) is 0 Å². The smallest absolute Gasteiger partial charge is 0.416 e. The molecule has 6 rings (SSSR count). The lowest BCUT2D eigenvalue weighted by molar-refractivity contribution is -0.139. The lowest BCUT2D eigenvalue weighted by Gasteiger charge is -2.35. The molecular formula is C61H70F6N8O5S2. The summed E-state index contributed by atoms with van der Waals surface area (Å²) in [4.78, 5) is 45.0. The van der Waals surface area contributed by atoms with Crippen molar-refractivity contribution in [3.63, 3.8) is 0 Å². The van der Waals surface area contributed by atoms with Crippen molar-refractivity contribution in [2.75, 3.05) is 80.4 Å². The van der Waals surface area contributed by atoms with E-state index in [0.717, 1.165) is 102 Å². The number of halogens is 6. The average Bonchev–Trinajstić information content (AvgIpc) is 2.92. The minimum Gasteiger partial charge on any atom is -0.463 e. The van der Waals surface area contributed by atoms with Gasteiger partial charge in [0, 0.05) is 53.9 Å².